The molecule has 1 saturated carbocycles. The molecule has 4 nitrogen and oxygen atoms in total. The molecule has 1 aliphatic rings. The van der Waals surface area contributed by atoms with E-state index in [2.05, 4.69) is 5.32 Å². The van der Waals surface area contributed by atoms with Crippen molar-refractivity contribution in [1.82, 2.24) is 0 Å². The van der Waals surface area contributed by atoms with Gasteiger partial charge in [-0.25, -0.2) is 0 Å². The number of amides is 1. The number of carbonyl (C=O) groups excluding carboxylic acids is 2. The highest BCUT2D eigenvalue weighted by Gasteiger charge is 2.36. The minimum absolute atomic E-state index is 0.151. The first-order chi connectivity index (χ1) is 9.79. The number of ketones is 1. The normalized spacial score (nSPS) is 23.0. The number of anilines is 1. The quantitative estimate of drug-likeness (QED) is 0.824. The predicted octanol–water partition coefficient (Wildman–Crippen LogP) is 2.37. The SMILES string of the molecule is O=C1CCCC(O)C1C(=O)Nc1ccc(C(F)(F)F)cc1. The first-order valence-electron chi connectivity index (χ1n) is 6.48. The van der Waals surface area contributed by atoms with Gasteiger partial charge in [-0.15, -0.1) is 0 Å². The number of carbonyl (C=O) groups is 2. The summed E-state index contributed by atoms with van der Waals surface area (Å²) in [5.41, 5.74) is -0.673. The third kappa shape index (κ3) is 3.60. The van der Waals surface area contributed by atoms with Crippen molar-refractivity contribution < 1.29 is 27.9 Å². The van der Waals surface area contributed by atoms with E-state index in [9.17, 15) is 27.9 Å². The lowest BCUT2D eigenvalue weighted by Crippen LogP contribution is -2.41. The molecule has 0 saturated heterocycles. The molecule has 1 aliphatic carbocycles. The molecule has 7 heteroatoms. The van der Waals surface area contributed by atoms with Gasteiger partial charge in [-0.2, -0.15) is 13.2 Å². The maximum absolute atomic E-state index is 12.4. The van der Waals surface area contributed by atoms with Crippen LogP contribution in [0.2, 0.25) is 0 Å². The Hall–Kier alpha value is -1.89. The first-order valence-corrected chi connectivity index (χ1v) is 6.48. The fourth-order valence-corrected chi connectivity index (χ4v) is 2.31. The van der Waals surface area contributed by atoms with E-state index in [-0.39, 0.29) is 17.9 Å². The number of Topliss-reactive ketones (excluding diaryl/α,β-unsaturated/α-hetero) is 1. The highest BCUT2D eigenvalue weighted by molar-refractivity contribution is 6.08. The van der Waals surface area contributed by atoms with Gasteiger partial charge in [-0.3, -0.25) is 9.59 Å². The molecule has 2 rings (SSSR count). The van der Waals surface area contributed by atoms with Gasteiger partial charge in [0.2, 0.25) is 5.91 Å². The maximum Gasteiger partial charge on any atom is 0.416 e. The Bertz CT molecular complexity index is 539. The Morgan fingerprint density at radius 2 is 1.86 bits per heavy atom. The van der Waals surface area contributed by atoms with E-state index in [1.54, 1.807) is 0 Å². The first kappa shape index (κ1) is 15.5. The number of rotatable bonds is 2. The summed E-state index contributed by atoms with van der Waals surface area (Å²) in [6, 6.07) is 3.91. The Balaban J connectivity index is 2.07. The standard InChI is InChI=1S/C14H14F3NO3/c15-14(16,17)8-4-6-9(7-5-8)18-13(21)12-10(19)2-1-3-11(12)20/h4-7,10,12,19H,1-3H2,(H,18,21). The van der Waals surface area contributed by atoms with Crippen LogP contribution >= 0.6 is 0 Å². The van der Waals surface area contributed by atoms with Crippen LogP contribution in [0.1, 0.15) is 24.8 Å². The number of aliphatic hydroxyl groups excluding tert-OH is 1. The molecule has 2 atom stereocenters. The number of nitrogens with one attached hydrogen (secondary N) is 1. The van der Waals surface area contributed by atoms with E-state index in [0.29, 0.717) is 12.8 Å². The molecule has 1 aromatic rings. The van der Waals surface area contributed by atoms with Crippen molar-refractivity contribution in [2.24, 2.45) is 5.92 Å². The van der Waals surface area contributed by atoms with E-state index >= 15 is 0 Å². The molecule has 1 aromatic carbocycles. The van der Waals surface area contributed by atoms with Crippen LogP contribution in [0, 0.1) is 5.92 Å². The van der Waals surface area contributed by atoms with Crippen LogP contribution in [0.25, 0.3) is 0 Å². The van der Waals surface area contributed by atoms with Crippen molar-refractivity contribution in [2.75, 3.05) is 5.32 Å². The van der Waals surface area contributed by atoms with Gasteiger partial charge in [-0.1, -0.05) is 0 Å². The predicted molar refractivity (Wildman–Crippen MR) is 68.4 cm³/mol. The summed E-state index contributed by atoms with van der Waals surface area (Å²) in [6.07, 6.45) is -4.37. The lowest BCUT2D eigenvalue weighted by Gasteiger charge is -2.25. The van der Waals surface area contributed by atoms with Gasteiger partial charge < -0.3 is 10.4 Å². The Kier molecular flexibility index (Phi) is 4.32. The van der Waals surface area contributed by atoms with Crippen LogP contribution in [0.15, 0.2) is 24.3 Å². The van der Waals surface area contributed by atoms with E-state index in [1.165, 1.54) is 0 Å². The highest BCUT2D eigenvalue weighted by atomic mass is 19.4. The number of hydrogen-bond donors (Lipinski definition) is 2. The van der Waals surface area contributed by atoms with E-state index < -0.39 is 29.7 Å². The van der Waals surface area contributed by atoms with Gasteiger partial charge in [0.05, 0.1) is 11.7 Å². The molecular weight excluding hydrogens is 287 g/mol. The summed E-state index contributed by atoms with van der Waals surface area (Å²) in [7, 11) is 0. The van der Waals surface area contributed by atoms with Crippen LogP contribution in [0.4, 0.5) is 18.9 Å². The van der Waals surface area contributed by atoms with Gasteiger partial charge in [0.1, 0.15) is 11.7 Å². The molecule has 1 fully saturated rings. The number of aliphatic hydroxyl groups is 1. The van der Waals surface area contributed by atoms with Crippen molar-refractivity contribution in [1.29, 1.82) is 0 Å². The van der Waals surface area contributed by atoms with Crippen molar-refractivity contribution in [3.05, 3.63) is 29.8 Å². The molecule has 0 aliphatic heterocycles. The second-order valence-corrected chi connectivity index (χ2v) is 4.97. The molecule has 114 valence electrons. The summed E-state index contributed by atoms with van der Waals surface area (Å²) in [4.78, 5) is 23.6. The molecule has 0 radical (unpaired) electrons. The van der Waals surface area contributed by atoms with Crippen molar-refractivity contribution in [3.8, 4) is 0 Å². The second kappa shape index (κ2) is 5.85. The van der Waals surface area contributed by atoms with Crippen molar-refractivity contribution >= 4 is 17.4 Å². The smallest absolute Gasteiger partial charge is 0.392 e. The lowest BCUT2D eigenvalue weighted by molar-refractivity contribution is -0.139. The fourth-order valence-electron chi connectivity index (χ4n) is 2.31. The van der Waals surface area contributed by atoms with Crippen LogP contribution in [-0.4, -0.2) is 22.9 Å². The number of hydrogen-bond acceptors (Lipinski definition) is 3. The zero-order chi connectivity index (χ0) is 15.6. The molecule has 0 heterocycles. The summed E-state index contributed by atoms with van der Waals surface area (Å²) in [6.45, 7) is 0. The van der Waals surface area contributed by atoms with Gasteiger partial charge >= 0.3 is 6.18 Å². The monoisotopic (exact) mass is 301 g/mol. The minimum Gasteiger partial charge on any atom is -0.392 e. The Labute approximate surface area is 119 Å². The van der Waals surface area contributed by atoms with Crippen molar-refractivity contribution in [2.45, 2.75) is 31.5 Å². The minimum atomic E-state index is -4.45. The molecule has 1 amide bonds. The van der Waals surface area contributed by atoms with Gasteiger partial charge in [0, 0.05) is 12.1 Å². The third-order valence-electron chi connectivity index (χ3n) is 3.42. The summed E-state index contributed by atoms with van der Waals surface area (Å²) in [5, 5.41) is 12.1. The van der Waals surface area contributed by atoms with E-state index in [4.69, 9.17) is 0 Å². The van der Waals surface area contributed by atoms with Gasteiger partial charge in [0.25, 0.3) is 0 Å². The molecular formula is C14H14F3NO3. The molecule has 2 unspecified atom stereocenters. The second-order valence-electron chi connectivity index (χ2n) is 4.97. The van der Waals surface area contributed by atoms with Crippen LogP contribution in [0.5, 0.6) is 0 Å². The topological polar surface area (TPSA) is 66.4 Å². The molecule has 21 heavy (non-hydrogen) atoms. The van der Waals surface area contributed by atoms with Gasteiger partial charge in [0.15, 0.2) is 0 Å². The molecule has 0 bridgehead atoms. The number of alkyl halides is 3. The zero-order valence-electron chi connectivity index (χ0n) is 11.0. The molecule has 2 N–H and O–H groups in total. The van der Waals surface area contributed by atoms with Crippen LogP contribution < -0.4 is 5.32 Å². The number of halogens is 3. The largest absolute Gasteiger partial charge is 0.416 e. The Morgan fingerprint density at radius 3 is 2.38 bits per heavy atom. The summed E-state index contributed by atoms with van der Waals surface area (Å²) in [5.74, 6) is -2.19. The fraction of sp³-hybridized carbons (Fsp3) is 0.429. The highest BCUT2D eigenvalue weighted by Crippen LogP contribution is 2.30. The summed E-state index contributed by atoms with van der Waals surface area (Å²) >= 11 is 0. The lowest BCUT2D eigenvalue weighted by atomic mass is 9.84. The molecule has 0 spiro atoms. The Morgan fingerprint density at radius 1 is 1.24 bits per heavy atom. The average Bonchev–Trinajstić information content (AvgIpc) is 2.38. The van der Waals surface area contributed by atoms with E-state index in [0.717, 1.165) is 24.3 Å². The van der Waals surface area contributed by atoms with Crippen LogP contribution in [-0.2, 0) is 15.8 Å². The third-order valence-corrected chi connectivity index (χ3v) is 3.42. The maximum atomic E-state index is 12.4. The van der Waals surface area contributed by atoms with Crippen molar-refractivity contribution in [3.63, 3.8) is 0 Å². The summed E-state index contributed by atoms with van der Waals surface area (Å²) < 4.78 is 37.2. The van der Waals surface area contributed by atoms with E-state index in [1.807, 2.05) is 0 Å². The van der Waals surface area contributed by atoms with Crippen LogP contribution in [0.3, 0.4) is 0 Å². The number of benzene rings is 1. The zero-order valence-corrected chi connectivity index (χ0v) is 11.0. The molecule has 0 aromatic heterocycles. The average molecular weight is 301 g/mol. The van der Waals surface area contributed by atoms with Gasteiger partial charge in [-0.05, 0) is 37.1 Å².